The van der Waals surface area contributed by atoms with E-state index in [1.807, 2.05) is 0 Å². The molecule has 5 aliphatic rings. The first-order chi connectivity index (χ1) is 22.1. The van der Waals surface area contributed by atoms with Crippen LogP contribution in [0, 0.1) is 17.8 Å². The molecule has 0 aromatic rings. The minimum atomic E-state index is -2.54. The summed E-state index contributed by atoms with van der Waals surface area (Å²) in [4.78, 5) is 35.1. The molecule has 5 saturated carbocycles. The van der Waals surface area contributed by atoms with Gasteiger partial charge in [-0.25, -0.2) is 0 Å². The number of carboxylic acids is 3. The molecule has 0 amide bonds. The van der Waals surface area contributed by atoms with E-state index < -0.39 is 55.7 Å². The quantitative estimate of drug-likeness (QED) is 0.144. The molecule has 46 heavy (non-hydrogen) atoms. The Kier molecular flexibility index (Phi) is 12.6. The Balaban J connectivity index is 1.16. The van der Waals surface area contributed by atoms with Crippen LogP contribution in [0.2, 0.25) is 0 Å². The Bertz CT molecular complexity index is 1080. The lowest BCUT2D eigenvalue weighted by atomic mass is 9.77. The Morgan fingerprint density at radius 1 is 0.522 bits per heavy atom. The van der Waals surface area contributed by atoms with Crippen molar-refractivity contribution in [1.82, 2.24) is 0 Å². The summed E-state index contributed by atoms with van der Waals surface area (Å²) in [6, 6.07) is 0. The second kappa shape index (κ2) is 16.3. The van der Waals surface area contributed by atoms with Gasteiger partial charge < -0.3 is 39.2 Å². The molecule has 0 heterocycles. The summed E-state index contributed by atoms with van der Waals surface area (Å²) < 4.78 is 33.5. The lowest BCUT2D eigenvalue weighted by Crippen LogP contribution is -2.42. The molecule has 0 bridgehead atoms. The highest BCUT2D eigenvalue weighted by Crippen LogP contribution is 2.68. The van der Waals surface area contributed by atoms with Crippen molar-refractivity contribution >= 4 is 25.0 Å². The van der Waals surface area contributed by atoms with Crippen LogP contribution in [0.5, 0.6) is 0 Å². The smallest absolute Gasteiger partial charge is 0.309 e. The highest BCUT2D eigenvalue weighted by molar-refractivity contribution is 7.66. The molecular formula is C34H55O11P. The minimum absolute atomic E-state index is 0.00601. The molecule has 11 nitrogen and oxygen atoms in total. The second-order valence-electron chi connectivity index (χ2n) is 14.7. The molecule has 5 aliphatic carbocycles. The molecule has 0 aromatic carbocycles. The zero-order valence-electron chi connectivity index (χ0n) is 27.1. The molecule has 0 spiro atoms. The fourth-order valence-corrected chi connectivity index (χ4v) is 14.9. The van der Waals surface area contributed by atoms with Gasteiger partial charge in [0.2, 0.25) is 0 Å². The minimum Gasteiger partial charge on any atom is -0.481 e. The zero-order chi connectivity index (χ0) is 32.8. The number of aliphatic hydroxyl groups excluding tert-OH is 1. The Labute approximate surface area is 272 Å². The van der Waals surface area contributed by atoms with E-state index in [0.29, 0.717) is 32.1 Å². The zero-order valence-corrected chi connectivity index (χ0v) is 28.0. The summed E-state index contributed by atoms with van der Waals surface area (Å²) in [7, 11) is -2.54. The molecule has 262 valence electrons. The maximum atomic E-state index is 15.4. The number of hydrogen-bond acceptors (Lipinski definition) is 8. The third kappa shape index (κ3) is 8.36. The molecule has 4 N–H and O–H groups in total. The van der Waals surface area contributed by atoms with Gasteiger partial charge in [-0.2, -0.15) is 0 Å². The highest BCUT2D eigenvalue weighted by Gasteiger charge is 2.49. The highest BCUT2D eigenvalue weighted by atomic mass is 31.2. The molecule has 7 atom stereocenters. The molecule has 5 fully saturated rings. The largest absolute Gasteiger partial charge is 0.481 e. The molecule has 0 saturated heterocycles. The van der Waals surface area contributed by atoms with Crippen molar-refractivity contribution in [2.75, 3.05) is 6.79 Å². The van der Waals surface area contributed by atoms with Crippen molar-refractivity contribution in [3.05, 3.63) is 0 Å². The van der Waals surface area contributed by atoms with Crippen molar-refractivity contribution in [3.63, 3.8) is 0 Å². The van der Waals surface area contributed by atoms with Crippen LogP contribution < -0.4 is 0 Å². The molecular weight excluding hydrogens is 615 g/mol. The van der Waals surface area contributed by atoms with Crippen LogP contribution in [0.3, 0.4) is 0 Å². The van der Waals surface area contributed by atoms with Crippen molar-refractivity contribution in [2.24, 2.45) is 17.8 Å². The van der Waals surface area contributed by atoms with E-state index in [1.54, 1.807) is 0 Å². The molecule has 0 aliphatic heterocycles. The maximum Gasteiger partial charge on any atom is 0.309 e. The first-order valence-corrected chi connectivity index (χ1v) is 19.8. The Morgan fingerprint density at radius 2 is 0.957 bits per heavy atom. The third-order valence-electron chi connectivity index (χ3n) is 12.1. The predicted molar refractivity (Wildman–Crippen MR) is 169 cm³/mol. The summed E-state index contributed by atoms with van der Waals surface area (Å²) >= 11 is 0. The third-order valence-corrected chi connectivity index (χ3v) is 17.1. The molecule has 12 heteroatoms. The van der Waals surface area contributed by atoms with Crippen LogP contribution in [-0.4, -0.2) is 92.6 Å². The first kappa shape index (κ1) is 35.8. The Hall–Kier alpha value is -1.52. The normalized spacial score (nSPS) is 39.2. The SMILES string of the molecule is O=C(O)C1CC(OC2CCC(P(=O)(C3CCCCC3)C3CCC(OC4CCC(C(=O)O)C(C(=O)O)C4)CC3)CC2)CCC1OCO. The Morgan fingerprint density at radius 3 is 1.43 bits per heavy atom. The van der Waals surface area contributed by atoms with Gasteiger partial charge in [0.1, 0.15) is 6.79 Å². The number of hydrogen-bond donors (Lipinski definition) is 4. The summed E-state index contributed by atoms with van der Waals surface area (Å²) in [6.45, 7) is -0.484. The van der Waals surface area contributed by atoms with Gasteiger partial charge in [-0.15, -0.1) is 0 Å². The fraction of sp³-hybridized carbons (Fsp3) is 0.912. The van der Waals surface area contributed by atoms with Crippen molar-refractivity contribution < 1.29 is 53.6 Å². The van der Waals surface area contributed by atoms with Gasteiger partial charge in [-0.1, -0.05) is 19.3 Å². The van der Waals surface area contributed by atoms with Crippen LogP contribution in [0.15, 0.2) is 0 Å². The van der Waals surface area contributed by atoms with E-state index in [9.17, 15) is 29.7 Å². The van der Waals surface area contributed by atoms with Gasteiger partial charge in [0.15, 0.2) is 0 Å². The van der Waals surface area contributed by atoms with Gasteiger partial charge in [0, 0.05) is 17.0 Å². The second-order valence-corrected chi connectivity index (χ2v) is 18.4. The van der Waals surface area contributed by atoms with Crippen molar-refractivity contribution in [3.8, 4) is 0 Å². The first-order valence-electron chi connectivity index (χ1n) is 17.9. The maximum absolute atomic E-state index is 15.4. The molecule has 0 radical (unpaired) electrons. The number of ether oxygens (including phenoxy) is 3. The number of aliphatic carboxylic acids is 3. The van der Waals surface area contributed by atoms with E-state index in [-0.39, 0.29) is 47.8 Å². The van der Waals surface area contributed by atoms with Gasteiger partial charge >= 0.3 is 17.9 Å². The lowest BCUT2D eigenvalue weighted by molar-refractivity contribution is -0.163. The monoisotopic (exact) mass is 670 g/mol. The van der Waals surface area contributed by atoms with Crippen LogP contribution in [0.4, 0.5) is 0 Å². The van der Waals surface area contributed by atoms with Crippen LogP contribution in [0.25, 0.3) is 0 Å². The van der Waals surface area contributed by atoms with E-state index >= 15 is 4.57 Å². The standard InChI is InChI=1S/C34H55O11P/c35-20-43-31-17-11-24(19-30(31)34(40)41)45-22-8-14-27(15-9-22)46(42,25-4-2-1-3-5-25)26-12-6-21(7-13-26)44-23-10-16-28(32(36)37)29(18-23)33(38)39/h21-31,35H,1-20H2,(H,36,37)(H,38,39)(H,40,41). The van der Waals surface area contributed by atoms with Gasteiger partial charge in [0.05, 0.1) is 55.4 Å². The molecule has 0 aromatic heterocycles. The van der Waals surface area contributed by atoms with Crippen molar-refractivity contribution in [1.29, 1.82) is 0 Å². The summed E-state index contributed by atoms with van der Waals surface area (Å²) in [5, 5.41) is 37.9. The lowest BCUT2D eigenvalue weighted by Gasteiger charge is -2.46. The molecule has 5 rings (SSSR count). The number of rotatable bonds is 12. The van der Waals surface area contributed by atoms with E-state index in [0.717, 1.165) is 77.0 Å². The number of carboxylic acid groups (broad SMARTS) is 3. The van der Waals surface area contributed by atoms with Gasteiger partial charge in [-0.3, -0.25) is 14.4 Å². The van der Waals surface area contributed by atoms with Gasteiger partial charge in [-0.05, 0) is 103 Å². The average Bonchev–Trinajstić information content (AvgIpc) is 3.06. The van der Waals surface area contributed by atoms with Crippen LogP contribution in [0.1, 0.15) is 122 Å². The van der Waals surface area contributed by atoms with Crippen LogP contribution in [-0.2, 0) is 33.2 Å². The summed E-state index contributed by atoms with van der Waals surface area (Å²) in [5.74, 6) is -5.51. The van der Waals surface area contributed by atoms with Crippen LogP contribution >= 0.6 is 7.14 Å². The number of aliphatic hydroxyl groups is 1. The number of carbonyl (C=O) groups is 3. The average molecular weight is 671 g/mol. The van der Waals surface area contributed by atoms with E-state index in [4.69, 9.17) is 19.3 Å². The summed E-state index contributed by atoms with van der Waals surface area (Å²) in [6.07, 6.45) is 14.2. The van der Waals surface area contributed by atoms with Gasteiger partial charge in [0.25, 0.3) is 0 Å². The molecule has 7 unspecified atom stereocenters. The topological polar surface area (TPSA) is 177 Å². The van der Waals surface area contributed by atoms with E-state index in [1.165, 1.54) is 6.42 Å². The predicted octanol–water partition coefficient (Wildman–Crippen LogP) is 5.88. The summed E-state index contributed by atoms with van der Waals surface area (Å²) in [5.41, 5.74) is 0.665. The van der Waals surface area contributed by atoms with E-state index in [2.05, 4.69) is 0 Å². The van der Waals surface area contributed by atoms with Crippen molar-refractivity contribution in [2.45, 2.75) is 169 Å². The fourth-order valence-electron chi connectivity index (χ4n) is 9.70.